The normalized spacial score (nSPS) is 23.1. The Morgan fingerprint density at radius 1 is 1.03 bits per heavy atom. The standard InChI is InChI=1S/C27H35N3O4/c1-2-23(25(32)28-20-12-6-7-13-20)30(18-19-10-4-3-5-11-19)24(31)16-17-29-26(33)21-14-8-9-15-22(21)27(29)34/h3-5,8-11,20-23H,2,6-7,12-18H2,1H3,(H,28,32)/t21-,22+,23?. The highest BCUT2D eigenvalue weighted by molar-refractivity contribution is 6.05. The number of carbonyl (C=O) groups is 4. The Labute approximate surface area is 201 Å². The van der Waals surface area contributed by atoms with Gasteiger partial charge in [-0.25, -0.2) is 0 Å². The van der Waals surface area contributed by atoms with E-state index >= 15 is 0 Å². The molecule has 2 aliphatic carbocycles. The molecule has 7 heteroatoms. The second-order valence-corrected chi connectivity index (χ2v) is 9.66. The number of allylic oxidation sites excluding steroid dienone is 2. The van der Waals surface area contributed by atoms with Gasteiger partial charge in [-0.15, -0.1) is 0 Å². The van der Waals surface area contributed by atoms with Gasteiger partial charge in [-0.1, -0.05) is 62.2 Å². The van der Waals surface area contributed by atoms with Gasteiger partial charge in [-0.2, -0.15) is 0 Å². The van der Waals surface area contributed by atoms with Crippen LogP contribution in [0.25, 0.3) is 0 Å². The van der Waals surface area contributed by atoms with Crippen LogP contribution in [0.3, 0.4) is 0 Å². The zero-order valence-electron chi connectivity index (χ0n) is 19.9. The third-order valence-corrected chi connectivity index (χ3v) is 7.43. The molecule has 0 radical (unpaired) electrons. The third kappa shape index (κ3) is 5.24. The molecule has 3 atom stereocenters. The minimum absolute atomic E-state index is 0.0182. The van der Waals surface area contributed by atoms with Gasteiger partial charge in [0.1, 0.15) is 6.04 Å². The molecule has 1 unspecified atom stereocenters. The molecule has 0 bridgehead atoms. The summed E-state index contributed by atoms with van der Waals surface area (Å²) in [5, 5.41) is 3.14. The summed E-state index contributed by atoms with van der Waals surface area (Å²) in [5.74, 6) is -1.28. The molecule has 1 aliphatic heterocycles. The molecule has 1 heterocycles. The monoisotopic (exact) mass is 465 g/mol. The molecule has 34 heavy (non-hydrogen) atoms. The van der Waals surface area contributed by atoms with E-state index in [2.05, 4.69) is 5.32 Å². The van der Waals surface area contributed by atoms with Crippen LogP contribution in [-0.2, 0) is 25.7 Å². The molecule has 1 saturated heterocycles. The Morgan fingerprint density at radius 2 is 1.65 bits per heavy atom. The fourth-order valence-corrected chi connectivity index (χ4v) is 5.51. The largest absolute Gasteiger partial charge is 0.352 e. The second kappa shape index (κ2) is 11.0. The molecule has 2 fully saturated rings. The number of nitrogens with one attached hydrogen (secondary N) is 1. The van der Waals surface area contributed by atoms with Crippen molar-refractivity contribution in [2.75, 3.05) is 6.54 Å². The average Bonchev–Trinajstić information content (AvgIpc) is 3.45. The summed E-state index contributed by atoms with van der Waals surface area (Å²) in [4.78, 5) is 55.1. The van der Waals surface area contributed by atoms with Crippen molar-refractivity contribution in [3.8, 4) is 0 Å². The first-order valence-electron chi connectivity index (χ1n) is 12.6. The van der Waals surface area contributed by atoms with Gasteiger partial charge in [0.2, 0.25) is 23.6 Å². The van der Waals surface area contributed by atoms with Gasteiger partial charge in [-0.05, 0) is 37.7 Å². The Hall–Kier alpha value is -2.96. The first kappa shape index (κ1) is 24.2. The van der Waals surface area contributed by atoms with Gasteiger partial charge in [0.05, 0.1) is 11.8 Å². The summed E-state index contributed by atoms with van der Waals surface area (Å²) in [6, 6.07) is 9.19. The number of likely N-dealkylation sites (tertiary alicyclic amines) is 1. The maximum atomic E-state index is 13.5. The van der Waals surface area contributed by atoms with Crippen LogP contribution in [0.1, 0.15) is 63.9 Å². The molecule has 4 rings (SSSR count). The summed E-state index contributed by atoms with van der Waals surface area (Å²) in [5.41, 5.74) is 0.938. The second-order valence-electron chi connectivity index (χ2n) is 9.66. The Balaban J connectivity index is 1.46. The Morgan fingerprint density at radius 3 is 2.24 bits per heavy atom. The van der Waals surface area contributed by atoms with E-state index in [1.54, 1.807) is 4.90 Å². The summed E-state index contributed by atoms with van der Waals surface area (Å²) < 4.78 is 0. The Kier molecular flexibility index (Phi) is 7.80. The lowest BCUT2D eigenvalue weighted by atomic mass is 9.85. The third-order valence-electron chi connectivity index (χ3n) is 7.43. The summed E-state index contributed by atoms with van der Waals surface area (Å²) >= 11 is 0. The van der Waals surface area contributed by atoms with E-state index in [0.29, 0.717) is 25.8 Å². The molecule has 0 aromatic heterocycles. The SMILES string of the molecule is CCC(C(=O)NC1CCCC1)N(Cc1ccccc1)C(=O)CCN1C(=O)[C@H]2CC=CC[C@H]2C1=O. The highest BCUT2D eigenvalue weighted by atomic mass is 16.2. The fourth-order valence-electron chi connectivity index (χ4n) is 5.51. The molecule has 4 amide bonds. The molecular formula is C27H35N3O4. The van der Waals surface area contributed by atoms with Crippen LogP contribution in [0.15, 0.2) is 42.5 Å². The van der Waals surface area contributed by atoms with Gasteiger partial charge in [0.15, 0.2) is 0 Å². The van der Waals surface area contributed by atoms with Crippen molar-refractivity contribution in [3.05, 3.63) is 48.0 Å². The number of imide groups is 1. The van der Waals surface area contributed by atoms with Gasteiger partial charge >= 0.3 is 0 Å². The quantitative estimate of drug-likeness (QED) is 0.448. The van der Waals surface area contributed by atoms with Crippen LogP contribution in [0.5, 0.6) is 0 Å². The van der Waals surface area contributed by atoms with Crippen LogP contribution in [0.2, 0.25) is 0 Å². The number of carbonyl (C=O) groups excluding carboxylic acids is 4. The number of amides is 4. The molecule has 1 aromatic rings. The van der Waals surface area contributed by atoms with Crippen LogP contribution < -0.4 is 5.32 Å². The van der Waals surface area contributed by atoms with Gasteiger partial charge in [-0.3, -0.25) is 24.1 Å². The summed E-state index contributed by atoms with van der Waals surface area (Å²) in [6.07, 6.45) is 9.77. The highest BCUT2D eigenvalue weighted by Gasteiger charge is 2.47. The highest BCUT2D eigenvalue weighted by Crippen LogP contribution is 2.35. The van der Waals surface area contributed by atoms with E-state index in [9.17, 15) is 19.2 Å². The predicted molar refractivity (Wildman–Crippen MR) is 128 cm³/mol. The predicted octanol–water partition coefficient (Wildman–Crippen LogP) is 3.19. The van der Waals surface area contributed by atoms with Gasteiger partial charge < -0.3 is 10.2 Å². The number of rotatable bonds is 9. The van der Waals surface area contributed by atoms with E-state index in [-0.39, 0.29) is 54.5 Å². The number of hydrogen-bond donors (Lipinski definition) is 1. The van der Waals surface area contributed by atoms with Crippen LogP contribution in [-0.4, -0.2) is 52.1 Å². The first-order valence-corrected chi connectivity index (χ1v) is 12.6. The van der Waals surface area contributed by atoms with Crippen molar-refractivity contribution in [2.24, 2.45) is 11.8 Å². The van der Waals surface area contributed by atoms with Crippen molar-refractivity contribution < 1.29 is 19.2 Å². The lowest BCUT2D eigenvalue weighted by Gasteiger charge is -2.32. The zero-order chi connectivity index (χ0) is 24.1. The average molecular weight is 466 g/mol. The first-order chi connectivity index (χ1) is 16.5. The minimum atomic E-state index is -0.593. The van der Waals surface area contributed by atoms with Crippen molar-refractivity contribution in [3.63, 3.8) is 0 Å². The van der Waals surface area contributed by atoms with Crippen molar-refractivity contribution >= 4 is 23.6 Å². The van der Waals surface area contributed by atoms with Gasteiger partial charge in [0.25, 0.3) is 0 Å². The van der Waals surface area contributed by atoms with Gasteiger partial charge in [0, 0.05) is 25.6 Å². The molecule has 1 saturated carbocycles. The van der Waals surface area contributed by atoms with E-state index in [0.717, 1.165) is 31.2 Å². The van der Waals surface area contributed by atoms with Crippen LogP contribution in [0, 0.1) is 11.8 Å². The lowest BCUT2D eigenvalue weighted by molar-refractivity contribution is -0.144. The molecular weight excluding hydrogens is 430 g/mol. The molecule has 1 N–H and O–H groups in total. The summed E-state index contributed by atoms with van der Waals surface area (Å²) in [6.45, 7) is 2.29. The number of fused-ring (bicyclic) bond motifs is 1. The van der Waals surface area contributed by atoms with Crippen molar-refractivity contribution in [1.82, 2.24) is 15.1 Å². The van der Waals surface area contributed by atoms with E-state index in [4.69, 9.17) is 0 Å². The topological polar surface area (TPSA) is 86.8 Å². The zero-order valence-corrected chi connectivity index (χ0v) is 19.9. The molecule has 3 aliphatic rings. The molecule has 182 valence electrons. The number of hydrogen-bond acceptors (Lipinski definition) is 4. The number of benzene rings is 1. The Bertz CT molecular complexity index is 912. The fraction of sp³-hybridized carbons (Fsp3) is 0.556. The maximum absolute atomic E-state index is 13.5. The van der Waals surface area contributed by atoms with Crippen LogP contribution >= 0.6 is 0 Å². The summed E-state index contributed by atoms with van der Waals surface area (Å²) in [7, 11) is 0. The minimum Gasteiger partial charge on any atom is -0.352 e. The molecule has 1 aromatic carbocycles. The van der Waals surface area contributed by atoms with E-state index < -0.39 is 6.04 Å². The molecule has 0 spiro atoms. The van der Waals surface area contributed by atoms with E-state index in [1.807, 2.05) is 49.4 Å². The van der Waals surface area contributed by atoms with Crippen molar-refractivity contribution in [1.29, 1.82) is 0 Å². The van der Waals surface area contributed by atoms with Crippen LogP contribution in [0.4, 0.5) is 0 Å². The van der Waals surface area contributed by atoms with E-state index in [1.165, 1.54) is 4.90 Å². The maximum Gasteiger partial charge on any atom is 0.243 e. The molecule has 7 nitrogen and oxygen atoms in total. The smallest absolute Gasteiger partial charge is 0.243 e. The van der Waals surface area contributed by atoms with Crippen molar-refractivity contribution in [2.45, 2.75) is 76.9 Å². The lowest BCUT2D eigenvalue weighted by Crippen LogP contribution is -2.51. The number of nitrogens with zero attached hydrogens (tertiary/aromatic N) is 2.